The van der Waals surface area contributed by atoms with Crippen molar-refractivity contribution >= 4 is 16.6 Å². The number of likely N-dealkylation sites (tertiary alicyclic amines) is 1. The van der Waals surface area contributed by atoms with Crippen molar-refractivity contribution in [2.24, 2.45) is 0 Å². The quantitative estimate of drug-likeness (QED) is 0.443. The van der Waals surface area contributed by atoms with Crippen LogP contribution in [0.25, 0.3) is 16.6 Å². The van der Waals surface area contributed by atoms with Gasteiger partial charge in [-0.15, -0.1) is 0 Å². The number of pyridine rings is 1. The highest BCUT2D eigenvalue weighted by Gasteiger charge is 2.24. The molecule has 2 aliphatic heterocycles. The largest absolute Gasteiger partial charge is 0.497 e. The Morgan fingerprint density at radius 2 is 1.97 bits per heavy atom. The van der Waals surface area contributed by atoms with E-state index in [1.807, 2.05) is 59.3 Å². The van der Waals surface area contributed by atoms with Crippen molar-refractivity contribution in [1.29, 1.82) is 0 Å². The van der Waals surface area contributed by atoms with E-state index in [2.05, 4.69) is 27.0 Å². The highest BCUT2D eigenvalue weighted by atomic mass is 16.5. The van der Waals surface area contributed by atoms with Crippen molar-refractivity contribution in [2.75, 3.05) is 26.7 Å². The average molecular weight is 483 g/mol. The van der Waals surface area contributed by atoms with Crippen molar-refractivity contribution in [2.45, 2.75) is 31.9 Å². The van der Waals surface area contributed by atoms with Crippen LogP contribution in [0.3, 0.4) is 0 Å². The molecule has 0 spiro atoms. The van der Waals surface area contributed by atoms with Crippen molar-refractivity contribution in [3.63, 3.8) is 0 Å². The van der Waals surface area contributed by atoms with Gasteiger partial charge in [0.15, 0.2) is 0 Å². The lowest BCUT2D eigenvalue weighted by atomic mass is 9.95. The number of nitrogens with zero attached hydrogens (tertiary/aromatic N) is 3. The second kappa shape index (κ2) is 9.66. The molecule has 0 bridgehead atoms. The molecule has 0 radical (unpaired) electrons. The predicted octanol–water partition coefficient (Wildman–Crippen LogP) is 4.78. The molecule has 1 N–H and O–H groups in total. The summed E-state index contributed by atoms with van der Waals surface area (Å²) in [7, 11) is 1.69. The number of aromatic amines is 1. The highest BCUT2D eigenvalue weighted by molar-refractivity contribution is 5.85. The number of nitrogens with one attached hydrogen (secondary N) is 1. The third-order valence-corrected chi connectivity index (χ3v) is 7.36. The minimum Gasteiger partial charge on any atom is -0.497 e. The highest BCUT2D eigenvalue weighted by Crippen LogP contribution is 2.38. The maximum Gasteiger partial charge on any atom is 0.326 e. The fourth-order valence-corrected chi connectivity index (χ4v) is 5.51. The van der Waals surface area contributed by atoms with Gasteiger partial charge in [0.05, 0.1) is 23.8 Å². The van der Waals surface area contributed by atoms with E-state index < -0.39 is 0 Å². The molecule has 0 unspecified atom stereocenters. The third kappa shape index (κ3) is 4.20. The Labute approximate surface area is 210 Å². The van der Waals surface area contributed by atoms with Gasteiger partial charge in [0, 0.05) is 43.0 Å². The van der Waals surface area contributed by atoms with Gasteiger partial charge in [0.2, 0.25) is 0 Å². The summed E-state index contributed by atoms with van der Waals surface area (Å²) in [5.74, 6) is 1.66. The smallest absolute Gasteiger partial charge is 0.326 e. The van der Waals surface area contributed by atoms with E-state index in [0.29, 0.717) is 6.61 Å². The maximum absolute atomic E-state index is 12.6. The van der Waals surface area contributed by atoms with Gasteiger partial charge in [-0.2, -0.15) is 0 Å². The summed E-state index contributed by atoms with van der Waals surface area (Å²) in [6.45, 7) is 3.37. The van der Waals surface area contributed by atoms with Crippen LogP contribution in [-0.4, -0.2) is 46.2 Å². The first-order valence-electron chi connectivity index (χ1n) is 12.6. The zero-order chi connectivity index (χ0) is 24.5. The number of ether oxygens (including phenoxy) is 2. The summed E-state index contributed by atoms with van der Waals surface area (Å²) in [6.07, 6.45) is 6.99. The number of methoxy groups -OCH3 is 1. The maximum atomic E-state index is 12.6. The average Bonchev–Trinajstić information content (AvgIpc) is 3.17. The number of hydrogen-bond acceptors (Lipinski definition) is 5. The van der Waals surface area contributed by atoms with Gasteiger partial charge < -0.3 is 19.4 Å². The van der Waals surface area contributed by atoms with Gasteiger partial charge in [0.1, 0.15) is 18.1 Å². The molecular weight excluding hydrogens is 452 g/mol. The molecule has 0 atom stereocenters. The Kier molecular flexibility index (Phi) is 6.07. The number of aromatic nitrogens is 3. The molecule has 36 heavy (non-hydrogen) atoms. The van der Waals surface area contributed by atoms with E-state index in [1.54, 1.807) is 7.11 Å². The van der Waals surface area contributed by atoms with E-state index in [1.165, 1.54) is 0 Å². The third-order valence-electron chi connectivity index (χ3n) is 7.36. The van der Waals surface area contributed by atoms with Gasteiger partial charge in [-0.3, -0.25) is 9.55 Å². The summed E-state index contributed by atoms with van der Waals surface area (Å²) in [5.41, 5.74) is 6.16. The van der Waals surface area contributed by atoms with E-state index in [9.17, 15) is 4.79 Å². The minimum absolute atomic E-state index is 0.00339. The second-order valence-corrected chi connectivity index (χ2v) is 9.45. The van der Waals surface area contributed by atoms with Crippen molar-refractivity contribution < 1.29 is 9.47 Å². The first-order chi connectivity index (χ1) is 17.7. The monoisotopic (exact) mass is 482 g/mol. The standard InChI is InChI=1S/C29H30N4O3/c1-35-21-10-11-28-24(18-21)22(23-6-4-14-30-26(23)19-36-28)7-5-15-32-16-12-20(13-17-32)33-27-9-3-2-8-25(27)31-29(33)34/h2-4,6-11,14,18,20H,5,12-13,15-17,19H2,1H3,(H,31,34). The minimum atomic E-state index is -0.00339. The molecule has 2 aromatic heterocycles. The van der Waals surface area contributed by atoms with E-state index >= 15 is 0 Å². The van der Waals surface area contributed by atoms with Crippen LogP contribution in [0.1, 0.15) is 42.1 Å². The Bertz CT molecular complexity index is 1480. The summed E-state index contributed by atoms with van der Waals surface area (Å²) in [5, 5.41) is 0. The Morgan fingerprint density at radius 1 is 1.11 bits per heavy atom. The molecule has 0 amide bonds. The van der Waals surface area contributed by atoms with Crippen molar-refractivity contribution in [1.82, 2.24) is 19.4 Å². The predicted molar refractivity (Wildman–Crippen MR) is 141 cm³/mol. The topological polar surface area (TPSA) is 72.4 Å². The summed E-state index contributed by atoms with van der Waals surface area (Å²) in [6, 6.07) is 18.3. The Balaban J connectivity index is 1.18. The molecule has 2 aromatic carbocycles. The van der Waals surface area contributed by atoms with Crippen LogP contribution < -0.4 is 15.2 Å². The molecule has 7 nitrogen and oxygen atoms in total. The van der Waals surface area contributed by atoms with Gasteiger partial charge in [-0.05, 0) is 61.2 Å². The van der Waals surface area contributed by atoms with Crippen molar-refractivity contribution in [3.05, 3.63) is 94.2 Å². The number of rotatable bonds is 5. The molecule has 7 heteroatoms. The number of H-pyrrole nitrogens is 1. The van der Waals surface area contributed by atoms with Crippen LogP contribution >= 0.6 is 0 Å². The van der Waals surface area contributed by atoms with Gasteiger partial charge in [-0.25, -0.2) is 4.79 Å². The molecule has 6 rings (SSSR count). The molecule has 184 valence electrons. The molecule has 0 aliphatic carbocycles. The molecule has 4 aromatic rings. The van der Waals surface area contributed by atoms with Crippen LogP contribution in [-0.2, 0) is 6.61 Å². The second-order valence-electron chi connectivity index (χ2n) is 9.45. The summed E-state index contributed by atoms with van der Waals surface area (Å²) in [4.78, 5) is 22.7. The zero-order valence-electron chi connectivity index (χ0n) is 20.4. The van der Waals surface area contributed by atoms with Crippen LogP contribution in [0.5, 0.6) is 11.5 Å². The van der Waals surface area contributed by atoms with Crippen LogP contribution in [0.4, 0.5) is 0 Å². The first-order valence-corrected chi connectivity index (χ1v) is 12.6. The SMILES string of the molecule is COc1ccc2c(c1)C(=CCCN1CCC(n3c(=O)[nH]c4ccccc43)CC1)c1cccnc1CO2. The molecule has 1 saturated heterocycles. The number of imidazole rings is 1. The molecular formula is C29H30N4O3. The number of hydrogen-bond donors (Lipinski definition) is 1. The normalized spacial score (nSPS) is 17.4. The molecule has 4 heterocycles. The summed E-state index contributed by atoms with van der Waals surface area (Å²) >= 11 is 0. The van der Waals surface area contributed by atoms with Gasteiger partial charge in [0.25, 0.3) is 0 Å². The molecule has 0 saturated carbocycles. The van der Waals surface area contributed by atoms with Crippen LogP contribution in [0.15, 0.2) is 71.7 Å². The van der Waals surface area contributed by atoms with E-state index in [4.69, 9.17) is 9.47 Å². The molecule has 2 aliphatic rings. The Morgan fingerprint density at radius 3 is 2.83 bits per heavy atom. The fourth-order valence-electron chi connectivity index (χ4n) is 5.51. The number of piperidine rings is 1. The van der Waals surface area contributed by atoms with Crippen LogP contribution in [0, 0.1) is 0 Å². The van der Waals surface area contributed by atoms with Crippen LogP contribution in [0.2, 0.25) is 0 Å². The number of fused-ring (bicyclic) bond motifs is 3. The molecule has 1 fully saturated rings. The lowest BCUT2D eigenvalue weighted by molar-refractivity contribution is 0.189. The fraction of sp³-hybridized carbons (Fsp3) is 0.310. The van der Waals surface area contributed by atoms with Gasteiger partial charge >= 0.3 is 5.69 Å². The summed E-state index contributed by atoms with van der Waals surface area (Å²) < 4.78 is 13.5. The Hall–Kier alpha value is -3.84. The van der Waals surface area contributed by atoms with Gasteiger partial charge in [-0.1, -0.05) is 24.3 Å². The van der Waals surface area contributed by atoms with Crippen molar-refractivity contribution in [3.8, 4) is 11.5 Å². The lowest BCUT2D eigenvalue weighted by Gasteiger charge is -2.32. The number of benzene rings is 2. The van der Waals surface area contributed by atoms with E-state index in [-0.39, 0.29) is 11.7 Å². The van der Waals surface area contributed by atoms with E-state index in [0.717, 1.165) is 83.8 Å². The first kappa shape index (κ1) is 22.6. The lowest BCUT2D eigenvalue weighted by Crippen LogP contribution is -2.37. The zero-order valence-corrected chi connectivity index (χ0v) is 20.4. The number of para-hydroxylation sites is 2.